The predicted octanol–water partition coefficient (Wildman–Crippen LogP) is 1.40. The van der Waals surface area contributed by atoms with Crippen LogP contribution in [0, 0.1) is 0 Å². The Morgan fingerprint density at radius 1 is 0.909 bits per heavy atom. The molecule has 58 valence electrons. The summed E-state index contributed by atoms with van der Waals surface area (Å²) >= 11 is 0. The summed E-state index contributed by atoms with van der Waals surface area (Å²) in [6.07, 6.45) is 3.36. The molecule has 2 heteroatoms. The predicted molar refractivity (Wildman–Crippen MR) is 40.1 cm³/mol. The molecule has 0 aromatic carbocycles. The van der Waals surface area contributed by atoms with E-state index in [-0.39, 0.29) is 5.78 Å². The standard InChI is InChI=1S/C9H10O2/c10-7-2-3-8-6(5-7)1-4-9(8)11/h1-5H2. The quantitative estimate of drug-likeness (QED) is 0.523. The van der Waals surface area contributed by atoms with Gasteiger partial charge in [-0.2, -0.15) is 0 Å². The van der Waals surface area contributed by atoms with E-state index >= 15 is 0 Å². The summed E-state index contributed by atoms with van der Waals surface area (Å²) < 4.78 is 0. The fraction of sp³-hybridized carbons (Fsp3) is 0.556. The third-order valence-electron chi connectivity index (χ3n) is 2.48. The smallest absolute Gasteiger partial charge is 0.159 e. The minimum Gasteiger partial charge on any atom is -0.299 e. The van der Waals surface area contributed by atoms with Gasteiger partial charge >= 0.3 is 0 Å². The Morgan fingerprint density at radius 3 is 2.55 bits per heavy atom. The third kappa shape index (κ3) is 1.02. The number of hydrogen-bond acceptors (Lipinski definition) is 2. The number of allylic oxidation sites excluding steroid dienone is 2. The highest BCUT2D eigenvalue weighted by atomic mass is 16.1. The van der Waals surface area contributed by atoms with Gasteiger partial charge in [-0.3, -0.25) is 9.59 Å². The molecule has 0 aromatic rings. The van der Waals surface area contributed by atoms with Crippen LogP contribution in [0.2, 0.25) is 0 Å². The maximum Gasteiger partial charge on any atom is 0.159 e. The van der Waals surface area contributed by atoms with Gasteiger partial charge in [-0.1, -0.05) is 5.57 Å². The van der Waals surface area contributed by atoms with Crippen molar-refractivity contribution < 1.29 is 9.59 Å². The van der Waals surface area contributed by atoms with E-state index in [1.807, 2.05) is 0 Å². The summed E-state index contributed by atoms with van der Waals surface area (Å²) in [6, 6.07) is 0. The molecule has 2 aliphatic carbocycles. The SMILES string of the molecule is O=C1CCC2=C(CCC2=O)C1. The summed E-state index contributed by atoms with van der Waals surface area (Å²) in [5.74, 6) is 0.589. The Labute approximate surface area is 65.3 Å². The van der Waals surface area contributed by atoms with Crippen molar-refractivity contribution in [1.29, 1.82) is 0 Å². The van der Waals surface area contributed by atoms with Crippen LogP contribution in [-0.4, -0.2) is 11.6 Å². The van der Waals surface area contributed by atoms with Gasteiger partial charge in [0.1, 0.15) is 5.78 Å². The van der Waals surface area contributed by atoms with E-state index in [2.05, 4.69) is 0 Å². The summed E-state index contributed by atoms with van der Waals surface area (Å²) in [4.78, 5) is 22.1. The molecule has 11 heavy (non-hydrogen) atoms. The maximum atomic E-state index is 11.1. The van der Waals surface area contributed by atoms with E-state index in [0.717, 1.165) is 17.6 Å². The lowest BCUT2D eigenvalue weighted by molar-refractivity contribution is -0.118. The molecule has 2 nitrogen and oxygen atoms in total. The summed E-state index contributed by atoms with van der Waals surface area (Å²) in [6.45, 7) is 0. The van der Waals surface area contributed by atoms with Crippen LogP contribution in [0.15, 0.2) is 11.1 Å². The molecule has 0 spiro atoms. The first-order chi connectivity index (χ1) is 5.27. The molecule has 2 rings (SSSR count). The first kappa shape index (κ1) is 6.77. The summed E-state index contributed by atoms with van der Waals surface area (Å²) in [7, 11) is 0. The van der Waals surface area contributed by atoms with Crippen LogP contribution in [-0.2, 0) is 9.59 Å². The van der Waals surface area contributed by atoms with Gasteiger partial charge in [-0.15, -0.1) is 0 Å². The lowest BCUT2D eigenvalue weighted by Crippen LogP contribution is -2.08. The van der Waals surface area contributed by atoms with Crippen LogP contribution < -0.4 is 0 Å². The maximum absolute atomic E-state index is 11.1. The van der Waals surface area contributed by atoms with Crippen molar-refractivity contribution >= 4 is 11.6 Å². The molecule has 0 amide bonds. The highest BCUT2D eigenvalue weighted by Gasteiger charge is 2.27. The molecule has 0 radical (unpaired) electrons. The molecule has 0 N–H and O–H groups in total. The second-order valence-electron chi connectivity index (χ2n) is 3.22. The van der Waals surface area contributed by atoms with Crippen LogP contribution in [0.3, 0.4) is 0 Å². The Hall–Kier alpha value is -0.920. The average Bonchev–Trinajstić information content (AvgIpc) is 2.32. The number of hydrogen-bond donors (Lipinski definition) is 0. The molecule has 0 fully saturated rings. The van der Waals surface area contributed by atoms with Gasteiger partial charge in [-0.25, -0.2) is 0 Å². The highest BCUT2D eigenvalue weighted by molar-refractivity contribution is 6.02. The summed E-state index contributed by atoms with van der Waals surface area (Å²) in [5, 5.41) is 0. The average molecular weight is 150 g/mol. The van der Waals surface area contributed by atoms with Gasteiger partial charge in [0.25, 0.3) is 0 Å². The zero-order valence-electron chi connectivity index (χ0n) is 6.35. The number of ketones is 2. The number of carbonyl (C=O) groups is 2. The van der Waals surface area contributed by atoms with E-state index < -0.39 is 0 Å². The van der Waals surface area contributed by atoms with Crippen LogP contribution in [0.4, 0.5) is 0 Å². The first-order valence-corrected chi connectivity index (χ1v) is 4.03. The lowest BCUT2D eigenvalue weighted by atomic mass is 9.93. The zero-order chi connectivity index (χ0) is 7.84. The molecular weight excluding hydrogens is 140 g/mol. The topological polar surface area (TPSA) is 34.1 Å². The fourth-order valence-corrected chi connectivity index (χ4v) is 1.87. The summed E-state index contributed by atoms with van der Waals surface area (Å²) in [5.41, 5.74) is 2.11. The number of Topliss-reactive ketones (excluding diaryl/α,β-unsaturated/α-hetero) is 2. The van der Waals surface area contributed by atoms with Gasteiger partial charge in [0.05, 0.1) is 0 Å². The van der Waals surface area contributed by atoms with Crippen molar-refractivity contribution in [3.63, 3.8) is 0 Å². The minimum atomic E-state index is 0.285. The van der Waals surface area contributed by atoms with E-state index in [0.29, 0.717) is 31.5 Å². The van der Waals surface area contributed by atoms with E-state index in [1.165, 1.54) is 0 Å². The molecular formula is C9H10O2. The van der Waals surface area contributed by atoms with Gasteiger partial charge < -0.3 is 0 Å². The van der Waals surface area contributed by atoms with Crippen molar-refractivity contribution in [2.45, 2.75) is 32.1 Å². The van der Waals surface area contributed by atoms with Crippen molar-refractivity contribution in [2.24, 2.45) is 0 Å². The Morgan fingerprint density at radius 2 is 1.73 bits per heavy atom. The van der Waals surface area contributed by atoms with Crippen molar-refractivity contribution in [2.75, 3.05) is 0 Å². The number of rotatable bonds is 0. The second kappa shape index (κ2) is 2.29. The van der Waals surface area contributed by atoms with Crippen molar-refractivity contribution in [3.8, 4) is 0 Å². The fourth-order valence-electron chi connectivity index (χ4n) is 1.87. The van der Waals surface area contributed by atoms with Gasteiger partial charge in [0.2, 0.25) is 0 Å². The van der Waals surface area contributed by atoms with Gasteiger partial charge in [-0.05, 0) is 18.4 Å². The molecule has 0 heterocycles. The zero-order valence-corrected chi connectivity index (χ0v) is 6.35. The molecule has 0 aliphatic heterocycles. The molecule has 0 atom stereocenters. The van der Waals surface area contributed by atoms with Crippen LogP contribution >= 0.6 is 0 Å². The second-order valence-corrected chi connectivity index (χ2v) is 3.22. The molecule has 0 aromatic heterocycles. The minimum absolute atomic E-state index is 0.285. The van der Waals surface area contributed by atoms with E-state index in [1.54, 1.807) is 0 Å². The third-order valence-corrected chi connectivity index (χ3v) is 2.48. The molecule has 0 saturated heterocycles. The van der Waals surface area contributed by atoms with Crippen molar-refractivity contribution in [3.05, 3.63) is 11.1 Å². The number of carbonyl (C=O) groups excluding carboxylic acids is 2. The van der Waals surface area contributed by atoms with Crippen LogP contribution in [0.1, 0.15) is 32.1 Å². The highest BCUT2D eigenvalue weighted by Crippen LogP contribution is 2.32. The molecule has 2 aliphatic rings. The lowest BCUT2D eigenvalue weighted by Gasteiger charge is -2.10. The van der Waals surface area contributed by atoms with Crippen molar-refractivity contribution in [1.82, 2.24) is 0 Å². The normalized spacial score (nSPS) is 24.4. The Kier molecular flexibility index (Phi) is 1.41. The van der Waals surface area contributed by atoms with E-state index in [4.69, 9.17) is 0 Å². The largest absolute Gasteiger partial charge is 0.299 e. The first-order valence-electron chi connectivity index (χ1n) is 4.03. The van der Waals surface area contributed by atoms with Gasteiger partial charge in [0, 0.05) is 19.3 Å². The monoisotopic (exact) mass is 150 g/mol. The van der Waals surface area contributed by atoms with Gasteiger partial charge in [0.15, 0.2) is 5.78 Å². The van der Waals surface area contributed by atoms with E-state index in [9.17, 15) is 9.59 Å². The van der Waals surface area contributed by atoms with Crippen LogP contribution in [0.5, 0.6) is 0 Å². The Balaban J connectivity index is 2.30. The molecule has 0 saturated carbocycles. The molecule has 0 bridgehead atoms. The molecule has 0 unspecified atom stereocenters. The van der Waals surface area contributed by atoms with Crippen LogP contribution in [0.25, 0.3) is 0 Å². The Bertz CT molecular complexity index is 261.